The third kappa shape index (κ3) is 4.23. The highest BCUT2D eigenvalue weighted by atomic mass is 16.6. The number of carbonyl (C=O) groups excluding carboxylic acids is 1. The van der Waals surface area contributed by atoms with Crippen LogP contribution in [-0.4, -0.2) is 53.4 Å². The van der Waals surface area contributed by atoms with Crippen LogP contribution in [0.1, 0.15) is 32.3 Å². The number of nitro groups is 1. The van der Waals surface area contributed by atoms with E-state index < -0.39 is 4.92 Å². The molecule has 0 bridgehead atoms. The molecule has 0 saturated carbocycles. The lowest BCUT2D eigenvalue weighted by Crippen LogP contribution is -2.42. The van der Waals surface area contributed by atoms with Crippen LogP contribution in [0, 0.1) is 10.1 Å². The smallest absolute Gasteiger partial charge is 0.270 e. The molecule has 7 heteroatoms. The summed E-state index contributed by atoms with van der Waals surface area (Å²) in [7, 11) is 3.50. The second-order valence-corrected chi connectivity index (χ2v) is 6.58. The average Bonchev–Trinajstić information content (AvgIpc) is 2.95. The van der Waals surface area contributed by atoms with E-state index in [-0.39, 0.29) is 23.7 Å². The molecule has 0 spiro atoms. The Morgan fingerprint density at radius 2 is 2.17 bits per heavy atom. The van der Waals surface area contributed by atoms with Crippen molar-refractivity contribution in [1.82, 2.24) is 9.80 Å². The molecule has 24 heavy (non-hydrogen) atoms. The van der Waals surface area contributed by atoms with Gasteiger partial charge in [-0.25, -0.2) is 0 Å². The van der Waals surface area contributed by atoms with E-state index in [4.69, 9.17) is 4.74 Å². The maximum absolute atomic E-state index is 12.3. The third-order valence-corrected chi connectivity index (χ3v) is 4.08. The van der Waals surface area contributed by atoms with Gasteiger partial charge in [0.1, 0.15) is 5.75 Å². The molecule has 132 valence electrons. The fraction of sp³-hybridized carbons (Fsp3) is 0.588. The maximum atomic E-state index is 12.3. The molecule has 1 atom stereocenters. The maximum Gasteiger partial charge on any atom is 0.270 e. The highest BCUT2D eigenvalue weighted by molar-refractivity contribution is 5.81. The second kappa shape index (κ2) is 7.61. The van der Waals surface area contributed by atoms with E-state index in [1.807, 2.05) is 13.8 Å². The Hall–Kier alpha value is -2.15. The Kier molecular flexibility index (Phi) is 5.77. The largest absolute Gasteiger partial charge is 0.491 e. The predicted molar refractivity (Wildman–Crippen MR) is 91.0 cm³/mol. The Balaban J connectivity index is 2.27. The zero-order valence-corrected chi connectivity index (χ0v) is 14.7. The van der Waals surface area contributed by atoms with Crippen molar-refractivity contribution in [1.29, 1.82) is 0 Å². The number of ether oxygens (including phenoxy) is 1. The Labute approximate surface area is 142 Å². The molecule has 7 nitrogen and oxygen atoms in total. The van der Waals surface area contributed by atoms with E-state index in [1.54, 1.807) is 31.1 Å². The molecule has 1 aromatic carbocycles. The molecule has 0 unspecified atom stereocenters. The van der Waals surface area contributed by atoms with Gasteiger partial charge in [-0.3, -0.25) is 19.8 Å². The van der Waals surface area contributed by atoms with Crippen LogP contribution in [0.2, 0.25) is 0 Å². The fourth-order valence-electron chi connectivity index (χ4n) is 2.98. The molecular weight excluding hydrogens is 310 g/mol. The number of non-ortho nitro benzene ring substituents is 1. The molecule has 2 rings (SSSR count). The summed E-state index contributed by atoms with van der Waals surface area (Å²) in [4.78, 5) is 26.7. The second-order valence-electron chi connectivity index (χ2n) is 6.58. The molecule has 1 aliphatic heterocycles. The molecule has 1 amide bonds. The summed E-state index contributed by atoms with van der Waals surface area (Å²) >= 11 is 0. The first-order chi connectivity index (χ1) is 11.3. The van der Waals surface area contributed by atoms with E-state index in [1.165, 1.54) is 6.07 Å². The van der Waals surface area contributed by atoms with E-state index in [0.29, 0.717) is 12.3 Å². The van der Waals surface area contributed by atoms with Gasteiger partial charge in [-0.1, -0.05) is 0 Å². The molecular formula is C17H25N3O4. The van der Waals surface area contributed by atoms with E-state index in [9.17, 15) is 14.9 Å². The molecule has 1 aromatic rings. The van der Waals surface area contributed by atoms with Crippen molar-refractivity contribution in [2.45, 2.75) is 45.4 Å². The van der Waals surface area contributed by atoms with Gasteiger partial charge in [0, 0.05) is 38.3 Å². The highest BCUT2D eigenvalue weighted by Gasteiger charge is 2.32. The summed E-state index contributed by atoms with van der Waals surface area (Å²) in [6.45, 7) is 5.10. The number of carbonyl (C=O) groups is 1. The number of likely N-dealkylation sites (N-methyl/N-ethyl adjacent to an activating group) is 1. The van der Waals surface area contributed by atoms with Gasteiger partial charge in [-0.15, -0.1) is 0 Å². The Morgan fingerprint density at radius 3 is 2.75 bits per heavy atom. The van der Waals surface area contributed by atoms with Crippen molar-refractivity contribution in [2.75, 3.05) is 20.6 Å². The number of hydrogen-bond acceptors (Lipinski definition) is 5. The highest BCUT2D eigenvalue weighted by Crippen LogP contribution is 2.29. The van der Waals surface area contributed by atoms with Crippen molar-refractivity contribution in [2.24, 2.45) is 0 Å². The van der Waals surface area contributed by atoms with Gasteiger partial charge in [0.2, 0.25) is 5.91 Å². The minimum absolute atomic E-state index is 0.0250. The van der Waals surface area contributed by atoms with Crippen LogP contribution in [0.15, 0.2) is 18.2 Å². The zero-order valence-electron chi connectivity index (χ0n) is 14.7. The first kappa shape index (κ1) is 18.2. The van der Waals surface area contributed by atoms with Gasteiger partial charge in [0.25, 0.3) is 5.69 Å². The number of hydrogen-bond donors (Lipinski definition) is 0. The zero-order chi connectivity index (χ0) is 17.9. The summed E-state index contributed by atoms with van der Waals surface area (Å²) in [6.07, 6.45) is 1.73. The van der Waals surface area contributed by atoms with E-state index in [2.05, 4.69) is 4.90 Å². The van der Waals surface area contributed by atoms with Crippen LogP contribution in [0.5, 0.6) is 5.75 Å². The minimum Gasteiger partial charge on any atom is -0.491 e. The van der Waals surface area contributed by atoms with Crippen molar-refractivity contribution in [3.63, 3.8) is 0 Å². The number of amides is 1. The quantitative estimate of drug-likeness (QED) is 0.589. The van der Waals surface area contributed by atoms with Crippen LogP contribution in [0.25, 0.3) is 0 Å². The lowest BCUT2D eigenvalue weighted by atomic mass is 10.1. The van der Waals surface area contributed by atoms with Crippen LogP contribution in [0.3, 0.4) is 0 Å². The first-order valence-electron chi connectivity index (χ1n) is 8.18. The number of nitrogens with zero attached hydrogens (tertiary/aromatic N) is 3. The average molecular weight is 335 g/mol. The Morgan fingerprint density at radius 1 is 1.46 bits per heavy atom. The van der Waals surface area contributed by atoms with Crippen LogP contribution in [-0.2, 0) is 11.3 Å². The summed E-state index contributed by atoms with van der Waals surface area (Å²) < 4.78 is 5.79. The lowest BCUT2D eigenvalue weighted by Gasteiger charge is -2.27. The third-order valence-electron chi connectivity index (χ3n) is 4.08. The topological polar surface area (TPSA) is 75.9 Å². The van der Waals surface area contributed by atoms with Gasteiger partial charge in [0.15, 0.2) is 0 Å². The van der Waals surface area contributed by atoms with Gasteiger partial charge in [0.05, 0.1) is 17.1 Å². The summed E-state index contributed by atoms with van der Waals surface area (Å²) in [5.74, 6) is 0.711. The van der Waals surface area contributed by atoms with Crippen molar-refractivity contribution >= 4 is 11.6 Å². The number of benzene rings is 1. The monoisotopic (exact) mass is 335 g/mol. The Bertz CT molecular complexity index is 616. The summed E-state index contributed by atoms with van der Waals surface area (Å²) in [5, 5.41) is 11.1. The standard InChI is InChI=1S/C17H25N3O4/c1-12(2)24-16-8-7-14(20(22)23)10-13(16)11-19-9-5-6-15(19)17(21)18(3)4/h7-8,10,12,15H,5-6,9,11H2,1-4H3/t15-/m0/s1. The number of rotatable bonds is 6. The molecule has 0 aromatic heterocycles. The van der Waals surface area contributed by atoms with Crippen LogP contribution < -0.4 is 4.74 Å². The number of likely N-dealkylation sites (tertiary alicyclic amines) is 1. The SMILES string of the molecule is CC(C)Oc1ccc([N+](=O)[O-])cc1CN1CCC[C@H]1C(=O)N(C)C. The summed E-state index contributed by atoms with van der Waals surface area (Å²) in [5.41, 5.74) is 0.784. The van der Waals surface area contributed by atoms with Crippen LogP contribution >= 0.6 is 0 Å². The normalized spacial score (nSPS) is 18.0. The van der Waals surface area contributed by atoms with Gasteiger partial charge < -0.3 is 9.64 Å². The van der Waals surface area contributed by atoms with Crippen LogP contribution in [0.4, 0.5) is 5.69 Å². The molecule has 0 radical (unpaired) electrons. The first-order valence-corrected chi connectivity index (χ1v) is 8.18. The minimum atomic E-state index is -0.408. The molecule has 1 aliphatic rings. The summed E-state index contributed by atoms with van der Waals surface area (Å²) in [6, 6.07) is 4.47. The molecule has 1 fully saturated rings. The van der Waals surface area contributed by atoms with Crippen molar-refractivity contribution in [3.05, 3.63) is 33.9 Å². The molecule has 1 saturated heterocycles. The van der Waals surface area contributed by atoms with Gasteiger partial charge >= 0.3 is 0 Å². The number of nitro benzene ring substituents is 1. The van der Waals surface area contributed by atoms with Crippen molar-refractivity contribution in [3.8, 4) is 5.75 Å². The lowest BCUT2D eigenvalue weighted by molar-refractivity contribution is -0.385. The fourth-order valence-corrected chi connectivity index (χ4v) is 2.98. The van der Waals surface area contributed by atoms with E-state index in [0.717, 1.165) is 24.9 Å². The van der Waals surface area contributed by atoms with E-state index >= 15 is 0 Å². The van der Waals surface area contributed by atoms with Gasteiger partial charge in [-0.2, -0.15) is 0 Å². The molecule has 1 heterocycles. The predicted octanol–water partition coefficient (Wildman–Crippen LogP) is 2.43. The molecule has 0 aliphatic carbocycles. The van der Waals surface area contributed by atoms with Gasteiger partial charge in [-0.05, 0) is 39.3 Å². The molecule has 0 N–H and O–H groups in total. The van der Waals surface area contributed by atoms with Crippen molar-refractivity contribution < 1.29 is 14.5 Å².